The minimum Gasteiger partial charge on any atom is -0.339 e. The van der Waals surface area contributed by atoms with Crippen LogP contribution < -0.4 is 5.32 Å². The molecule has 0 aliphatic carbocycles. The minimum atomic E-state index is -0.118. The molecule has 0 spiro atoms. The van der Waals surface area contributed by atoms with Crippen molar-refractivity contribution in [2.45, 2.75) is 18.2 Å². The van der Waals surface area contributed by atoms with Gasteiger partial charge in [-0.15, -0.1) is 10.2 Å². The normalized spacial score (nSPS) is 10.3. The number of benzene rings is 1. The highest BCUT2D eigenvalue weighted by Gasteiger charge is 2.12. The van der Waals surface area contributed by atoms with Crippen molar-refractivity contribution >= 4 is 40.6 Å². The van der Waals surface area contributed by atoms with Crippen molar-refractivity contribution in [3.8, 4) is 0 Å². The summed E-state index contributed by atoms with van der Waals surface area (Å²) in [6, 6.07) is 6.94. The molecule has 0 radical (unpaired) electrons. The number of aromatic nitrogens is 2. The molecule has 1 aromatic carbocycles. The van der Waals surface area contributed by atoms with Gasteiger partial charge >= 0.3 is 0 Å². The van der Waals surface area contributed by atoms with E-state index < -0.39 is 0 Å². The highest BCUT2D eigenvalue weighted by molar-refractivity contribution is 8.01. The van der Waals surface area contributed by atoms with Gasteiger partial charge < -0.3 is 10.2 Å². The highest BCUT2D eigenvalue weighted by atomic mass is 32.2. The summed E-state index contributed by atoms with van der Waals surface area (Å²) < 4.78 is 0.764. The van der Waals surface area contributed by atoms with Crippen molar-refractivity contribution in [2.75, 3.05) is 24.2 Å². The zero-order chi connectivity index (χ0) is 16.7. The number of amides is 2. The van der Waals surface area contributed by atoms with Crippen molar-refractivity contribution in [3.63, 3.8) is 0 Å². The fraction of sp³-hybridized carbons (Fsp3) is 0.333. The highest BCUT2D eigenvalue weighted by Crippen LogP contribution is 2.19. The van der Waals surface area contributed by atoms with Crippen LogP contribution in [0.25, 0.3) is 0 Å². The third-order valence-corrected chi connectivity index (χ3v) is 4.99. The van der Waals surface area contributed by atoms with Gasteiger partial charge in [-0.2, -0.15) is 0 Å². The Morgan fingerprint density at radius 1 is 1.22 bits per heavy atom. The molecule has 0 fully saturated rings. The maximum absolute atomic E-state index is 12.2. The molecular weight excluding hydrogens is 332 g/mol. The van der Waals surface area contributed by atoms with Gasteiger partial charge in [-0.1, -0.05) is 23.1 Å². The summed E-state index contributed by atoms with van der Waals surface area (Å²) in [5.74, 6) is 0.155. The van der Waals surface area contributed by atoms with Crippen LogP contribution in [0.5, 0.6) is 0 Å². The lowest BCUT2D eigenvalue weighted by Crippen LogP contribution is -2.30. The molecule has 1 heterocycles. The number of nitrogens with zero attached hydrogens (tertiary/aromatic N) is 3. The van der Waals surface area contributed by atoms with Gasteiger partial charge in [0.2, 0.25) is 5.91 Å². The van der Waals surface area contributed by atoms with Crippen molar-refractivity contribution in [1.82, 2.24) is 15.1 Å². The molecule has 2 rings (SSSR count). The smallest absolute Gasteiger partial charge is 0.253 e. The Kier molecular flexibility index (Phi) is 6.54. The molecule has 2 aromatic rings. The first-order valence-electron chi connectivity index (χ1n) is 7.22. The molecule has 0 atom stereocenters. The number of thioether (sulfide) groups is 1. The lowest BCUT2D eigenvalue weighted by atomic mass is 10.2. The Bertz CT molecular complexity index is 640. The van der Waals surface area contributed by atoms with Gasteiger partial charge in [0.1, 0.15) is 5.51 Å². The van der Waals surface area contributed by atoms with E-state index in [2.05, 4.69) is 15.5 Å². The average molecular weight is 350 g/mol. The number of carbonyl (C=O) groups excluding carboxylic acids is 2. The monoisotopic (exact) mass is 350 g/mol. The van der Waals surface area contributed by atoms with Crippen LogP contribution in [0.3, 0.4) is 0 Å². The minimum absolute atomic E-state index is 0.000276. The summed E-state index contributed by atoms with van der Waals surface area (Å²) in [4.78, 5) is 25.8. The third kappa shape index (κ3) is 5.04. The summed E-state index contributed by atoms with van der Waals surface area (Å²) in [5, 5.41) is 10.4. The Balaban J connectivity index is 1.89. The molecule has 0 unspecified atom stereocenters. The molecule has 6 nitrogen and oxygen atoms in total. The van der Waals surface area contributed by atoms with Crippen LogP contribution in [0.4, 0.5) is 5.69 Å². The average Bonchev–Trinajstić information content (AvgIpc) is 3.08. The number of carbonyl (C=O) groups is 2. The molecule has 0 aliphatic heterocycles. The van der Waals surface area contributed by atoms with Crippen LogP contribution in [0.1, 0.15) is 24.2 Å². The first-order chi connectivity index (χ1) is 11.1. The van der Waals surface area contributed by atoms with Crippen LogP contribution in [-0.4, -0.2) is 45.8 Å². The second-order valence-electron chi connectivity index (χ2n) is 4.60. The van der Waals surface area contributed by atoms with E-state index in [0.717, 1.165) is 4.34 Å². The molecule has 0 saturated heterocycles. The molecule has 0 aliphatic rings. The Morgan fingerprint density at radius 2 is 1.91 bits per heavy atom. The molecule has 8 heteroatoms. The predicted molar refractivity (Wildman–Crippen MR) is 93.0 cm³/mol. The fourth-order valence-electron chi connectivity index (χ4n) is 1.94. The maximum Gasteiger partial charge on any atom is 0.253 e. The second kappa shape index (κ2) is 8.64. The van der Waals surface area contributed by atoms with Crippen molar-refractivity contribution in [2.24, 2.45) is 0 Å². The van der Waals surface area contributed by atoms with E-state index in [4.69, 9.17) is 0 Å². The van der Waals surface area contributed by atoms with E-state index in [1.165, 1.54) is 23.1 Å². The second-order valence-corrected chi connectivity index (χ2v) is 6.65. The van der Waals surface area contributed by atoms with Gasteiger partial charge in [-0.3, -0.25) is 9.59 Å². The van der Waals surface area contributed by atoms with E-state index >= 15 is 0 Å². The lowest BCUT2D eigenvalue weighted by Gasteiger charge is -2.18. The Morgan fingerprint density at radius 3 is 2.48 bits per heavy atom. The Labute approximate surface area is 143 Å². The van der Waals surface area contributed by atoms with E-state index in [9.17, 15) is 9.59 Å². The van der Waals surface area contributed by atoms with Gasteiger partial charge in [0.15, 0.2) is 4.34 Å². The molecule has 1 aromatic heterocycles. The molecule has 0 saturated carbocycles. The topological polar surface area (TPSA) is 75.2 Å². The van der Waals surface area contributed by atoms with Crippen molar-refractivity contribution in [3.05, 3.63) is 35.3 Å². The summed E-state index contributed by atoms with van der Waals surface area (Å²) >= 11 is 2.75. The number of nitrogens with one attached hydrogen (secondary N) is 1. The number of rotatable bonds is 7. The van der Waals surface area contributed by atoms with Gasteiger partial charge in [-0.25, -0.2) is 0 Å². The number of anilines is 1. The van der Waals surface area contributed by atoms with Gasteiger partial charge in [0.05, 0.1) is 5.75 Å². The van der Waals surface area contributed by atoms with Gasteiger partial charge in [0.25, 0.3) is 5.91 Å². The van der Waals surface area contributed by atoms with E-state index in [1.807, 2.05) is 13.8 Å². The van der Waals surface area contributed by atoms with Gasteiger partial charge in [-0.05, 0) is 38.1 Å². The zero-order valence-corrected chi connectivity index (χ0v) is 14.6. The molecule has 23 heavy (non-hydrogen) atoms. The van der Waals surface area contributed by atoms with Crippen LogP contribution in [-0.2, 0) is 4.79 Å². The summed E-state index contributed by atoms with van der Waals surface area (Å²) in [7, 11) is 0. The lowest BCUT2D eigenvalue weighted by molar-refractivity contribution is -0.113. The van der Waals surface area contributed by atoms with E-state index in [-0.39, 0.29) is 17.6 Å². The van der Waals surface area contributed by atoms with Crippen molar-refractivity contribution in [1.29, 1.82) is 0 Å². The first kappa shape index (κ1) is 17.4. The number of hydrogen-bond donors (Lipinski definition) is 1. The molecular formula is C15H18N4O2S2. The Hall–Kier alpha value is -1.93. The van der Waals surface area contributed by atoms with Crippen LogP contribution in [0, 0.1) is 0 Å². The first-order valence-corrected chi connectivity index (χ1v) is 9.08. The molecule has 0 bridgehead atoms. The van der Waals surface area contributed by atoms with Crippen molar-refractivity contribution < 1.29 is 9.59 Å². The SMILES string of the molecule is CCN(CC)C(=O)c1ccc(NC(=O)CSc2nncs2)cc1. The van der Waals surface area contributed by atoms with Gasteiger partial charge in [0, 0.05) is 24.3 Å². The molecule has 1 N–H and O–H groups in total. The summed E-state index contributed by atoms with van der Waals surface area (Å²) in [5.41, 5.74) is 2.92. The van der Waals surface area contributed by atoms with Crippen LogP contribution in [0.15, 0.2) is 34.1 Å². The van der Waals surface area contributed by atoms with Crippen LogP contribution in [0.2, 0.25) is 0 Å². The zero-order valence-electron chi connectivity index (χ0n) is 13.0. The summed E-state index contributed by atoms with van der Waals surface area (Å²) in [6.45, 7) is 5.25. The van der Waals surface area contributed by atoms with Crippen LogP contribution >= 0.6 is 23.1 Å². The predicted octanol–water partition coefficient (Wildman–Crippen LogP) is 2.75. The third-order valence-electron chi connectivity index (χ3n) is 3.13. The quantitative estimate of drug-likeness (QED) is 0.777. The summed E-state index contributed by atoms with van der Waals surface area (Å²) in [6.07, 6.45) is 0. The largest absolute Gasteiger partial charge is 0.339 e. The fourth-order valence-corrected chi connectivity index (χ4v) is 3.23. The molecule has 122 valence electrons. The standard InChI is InChI=1S/C15H18N4O2S2/c1-3-19(4-2)14(21)11-5-7-12(8-6-11)17-13(20)9-22-15-18-16-10-23-15/h5-8,10H,3-4,9H2,1-2H3,(H,17,20). The van der Waals surface area contributed by atoms with E-state index in [1.54, 1.807) is 34.7 Å². The molecule has 2 amide bonds. The maximum atomic E-state index is 12.2. The number of hydrogen-bond acceptors (Lipinski definition) is 6. The van der Waals surface area contributed by atoms with E-state index in [0.29, 0.717) is 24.3 Å².